The van der Waals surface area contributed by atoms with Crippen molar-refractivity contribution in [1.82, 2.24) is 24.6 Å². The van der Waals surface area contributed by atoms with E-state index >= 15 is 0 Å². The zero-order chi connectivity index (χ0) is 22.1. The van der Waals surface area contributed by atoms with Crippen LogP contribution in [0.4, 0.5) is 4.39 Å². The number of piperidine rings is 1. The molecule has 2 amide bonds. The van der Waals surface area contributed by atoms with E-state index in [4.69, 9.17) is 0 Å². The van der Waals surface area contributed by atoms with E-state index in [-0.39, 0.29) is 23.5 Å². The van der Waals surface area contributed by atoms with Gasteiger partial charge in [0.2, 0.25) is 5.91 Å². The number of halogens is 1. The van der Waals surface area contributed by atoms with Crippen LogP contribution in [0, 0.1) is 17.7 Å². The SMILES string of the molecule is O=C(NCC1CC1)C1CCCN(C(=O)c2cnn(-c3ccc(F)cc3)c2-n2cccc2)C1. The van der Waals surface area contributed by atoms with E-state index < -0.39 is 0 Å². The van der Waals surface area contributed by atoms with Crippen LogP contribution < -0.4 is 5.32 Å². The van der Waals surface area contributed by atoms with Crippen molar-refractivity contribution in [3.63, 3.8) is 0 Å². The molecule has 1 saturated carbocycles. The summed E-state index contributed by atoms with van der Waals surface area (Å²) in [5.41, 5.74) is 1.11. The molecule has 1 saturated heterocycles. The lowest BCUT2D eigenvalue weighted by Gasteiger charge is -2.32. The summed E-state index contributed by atoms with van der Waals surface area (Å²) in [6, 6.07) is 9.74. The van der Waals surface area contributed by atoms with Gasteiger partial charge < -0.3 is 14.8 Å². The number of carbonyl (C=O) groups is 2. The van der Waals surface area contributed by atoms with Gasteiger partial charge in [-0.1, -0.05) is 0 Å². The number of aromatic nitrogens is 3. The molecule has 1 aliphatic heterocycles. The highest BCUT2D eigenvalue weighted by molar-refractivity contribution is 5.97. The highest BCUT2D eigenvalue weighted by Crippen LogP contribution is 2.28. The highest BCUT2D eigenvalue weighted by atomic mass is 19.1. The first kappa shape index (κ1) is 20.5. The van der Waals surface area contributed by atoms with E-state index in [9.17, 15) is 14.0 Å². The van der Waals surface area contributed by atoms with Crippen LogP contribution in [-0.2, 0) is 4.79 Å². The van der Waals surface area contributed by atoms with Crippen LogP contribution in [0.25, 0.3) is 11.5 Å². The molecule has 1 aromatic carbocycles. The van der Waals surface area contributed by atoms with Crippen LogP contribution in [0.1, 0.15) is 36.0 Å². The minimum absolute atomic E-state index is 0.0436. The largest absolute Gasteiger partial charge is 0.356 e. The number of likely N-dealkylation sites (tertiary alicyclic amines) is 1. The Morgan fingerprint density at radius 3 is 2.56 bits per heavy atom. The van der Waals surface area contributed by atoms with Gasteiger partial charge in [0.15, 0.2) is 5.82 Å². The van der Waals surface area contributed by atoms with Crippen LogP contribution in [-0.4, -0.2) is 50.7 Å². The second-order valence-electron chi connectivity index (χ2n) is 8.64. The van der Waals surface area contributed by atoms with E-state index in [1.54, 1.807) is 27.9 Å². The van der Waals surface area contributed by atoms with Gasteiger partial charge in [0.25, 0.3) is 5.91 Å². The molecule has 0 spiro atoms. The summed E-state index contributed by atoms with van der Waals surface area (Å²) in [6.45, 7) is 1.76. The summed E-state index contributed by atoms with van der Waals surface area (Å²) in [5.74, 6) is 0.588. The molecule has 32 heavy (non-hydrogen) atoms. The molecule has 1 unspecified atom stereocenters. The number of nitrogens with zero attached hydrogens (tertiary/aromatic N) is 4. The van der Waals surface area contributed by atoms with E-state index in [1.807, 2.05) is 29.1 Å². The molecule has 0 radical (unpaired) electrons. The summed E-state index contributed by atoms with van der Waals surface area (Å²) in [5, 5.41) is 7.49. The number of hydrogen-bond donors (Lipinski definition) is 1. The molecular weight excluding hydrogens is 409 g/mol. The summed E-state index contributed by atoms with van der Waals surface area (Å²) in [7, 11) is 0. The third kappa shape index (κ3) is 4.17. The maximum atomic E-state index is 13.5. The molecule has 2 aliphatic rings. The van der Waals surface area contributed by atoms with Crippen LogP contribution in [0.5, 0.6) is 0 Å². The lowest BCUT2D eigenvalue weighted by Crippen LogP contribution is -2.45. The van der Waals surface area contributed by atoms with Crippen molar-refractivity contribution in [3.05, 3.63) is 66.4 Å². The molecule has 8 heteroatoms. The molecule has 166 valence electrons. The van der Waals surface area contributed by atoms with Crippen molar-refractivity contribution in [2.24, 2.45) is 11.8 Å². The Balaban J connectivity index is 1.40. The molecule has 2 fully saturated rings. The van der Waals surface area contributed by atoms with Gasteiger partial charge in [-0.2, -0.15) is 5.10 Å². The fraction of sp³-hybridized carbons (Fsp3) is 0.375. The van der Waals surface area contributed by atoms with Crippen LogP contribution >= 0.6 is 0 Å². The van der Waals surface area contributed by atoms with Crippen molar-refractivity contribution < 1.29 is 14.0 Å². The molecule has 0 bridgehead atoms. The lowest BCUT2D eigenvalue weighted by molar-refractivity contribution is -0.126. The molecule has 3 aromatic rings. The molecule has 3 heterocycles. The third-order valence-corrected chi connectivity index (χ3v) is 6.24. The molecule has 1 atom stereocenters. The Kier molecular flexibility index (Phi) is 5.51. The standard InChI is InChI=1S/C24H26FN5O2/c25-19-7-9-20(10-8-19)30-23(28-11-1-2-12-28)21(15-27-30)24(32)29-13-3-4-18(16-29)22(31)26-14-17-5-6-17/h1-2,7-12,15,17-18H,3-6,13-14,16H2,(H,26,31). The number of carbonyl (C=O) groups excluding carboxylic acids is 2. The normalized spacial score (nSPS) is 18.5. The van der Waals surface area contributed by atoms with Gasteiger partial charge in [-0.05, 0) is 68.0 Å². The van der Waals surface area contributed by atoms with Crippen molar-refractivity contribution in [1.29, 1.82) is 0 Å². The number of amides is 2. The first-order valence-corrected chi connectivity index (χ1v) is 11.1. The Labute approximate surface area is 185 Å². The maximum Gasteiger partial charge on any atom is 0.259 e. The monoisotopic (exact) mass is 435 g/mol. The second-order valence-corrected chi connectivity index (χ2v) is 8.64. The Bertz CT molecular complexity index is 1100. The van der Waals surface area contributed by atoms with E-state index in [2.05, 4.69) is 10.4 Å². The van der Waals surface area contributed by atoms with E-state index in [0.717, 1.165) is 19.4 Å². The predicted octanol–water partition coefficient (Wildman–Crippen LogP) is 3.18. The maximum absolute atomic E-state index is 13.5. The lowest BCUT2D eigenvalue weighted by atomic mass is 9.96. The van der Waals surface area contributed by atoms with Gasteiger partial charge >= 0.3 is 0 Å². The van der Waals surface area contributed by atoms with Crippen molar-refractivity contribution >= 4 is 11.8 Å². The summed E-state index contributed by atoms with van der Waals surface area (Å²) in [6.07, 6.45) is 9.21. The quantitative estimate of drug-likeness (QED) is 0.646. The zero-order valence-corrected chi connectivity index (χ0v) is 17.8. The Morgan fingerprint density at radius 1 is 1.09 bits per heavy atom. The number of benzene rings is 1. The number of rotatable bonds is 6. The Morgan fingerprint density at radius 2 is 1.84 bits per heavy atom. The average Bonchev–Trinajstić information content (AvgIpc) is 3.30. The van der Waals surface area contributed by atoms with E-state index in [0.29, 0.717) is 36.1 Å². The molecule has 1 aliphatic carbocycles. The smallest absolute Gasteiger partial charge is 0.259 e. The number of hydrogen-bond acceptors (Lipinski definition) is 3. The predicted molar refractivity (Wildman–Crippen MR) is 117 cm³/mol. The molecule has 5 rings (SSSR count). The first-order chi connectivity index (χ1) is 15.6. The molecule has 2 aromatic heterocycles. The average molecular weight is 436 g/mol. The van der Waals surface area contributed by atoms with Gasteiger partial charge in [0.1, 0.15) is 11.4 Å². The van der Waals surface area contributed by atoms with Gasteiger partial charge in [0, 0.05) is 32.0 Å². The van der Waals surface area contributed by atoms with Crippen LogP contribution in [0.3, 0.4) is 0 Å². The topological polar surface area (TPSA) is 72.2 Å². The van der Waals surface area contributed by atoms with Crippen molar-refractivity contribution in [2.75, 3.05) is 19.6 Å². The second kappa shape index (κ2) is 8.61. The summed E-state index contributed by atoms with van der Waals surface area (Å²) >= 11 is 0. The third-order valence-electron chi connectivity index (χ3n) is 6.24. The Hall–Kier alpha value is -3.42. The minimum atomic E-state index is -0.334. The number of nitrogens with one attached hydrogen (secondary N) is 1. The van der Waals surface area contributed by atoms with Gasteiger partial charge in [-0.25, -0.2) is 9.07 Å². The molecule has 1 N–H and O–H groups in total. The van der Waals surface area contributed by atoms with Gasteiger partial charge in [0.05, 0.1) is 17.8 Å². The van der Waals surface area contributed by atoms with Gasteiger partial charge in [-0.15, -0.1) is 0 Å². The fourth-order valence-corrected chi connectivity index (χ4v) is 4.25. The highest BCUT2D eigenvalue weighted by Gasteiger charge is 2.32. The summed E-state index contributed by atoms with van der Waals surface area (Å²) in [4.78, 5) is 27.9. The zero-order valence-electron chi connectivity index (χ0n) is 17.8. The molecular formula is C24H26FN5O2. The van der Waals surface area contributed by atoms with Gasteiger partial charge in [-0.3, -0.25) is 9.59 Å². The van der Waals surface area contributed by atoms with Crippen molar-refractivity contribution in [3.8, 4) is 11.5 Å². The summed E-state index contributed by atoms with van der Waals surface area (Å²) < 4.78 is 16.9. The fourth-order valence-electron chi connectivity index (χ4n) is 4.25. The molecule has 7 nitrogen and oxygen atoms in total. The minimum Gasteiger partial charge on any atom is -0.356 e. The van der Waals surface area contributed by atoms with Crippen molar-refractivity contribution in [2.45, 2.75) is 25.7 Å². The first-order valence-electron chi connectivity index (χ1n) is 11.1. The van der Waals surface area contributed by atoms with Crippen LogP contribution in [0.2, 0.25) is 0 Å². The van der Waals surface area contributed by atoms with Crippen LogP contribution in [0.15, 0.2) is 55.0 Å². The van der Waals surface area contributed by atoms with E-state index in [1.165, 1.54) is 25.0 Å².